The summed E-state index contributed by atoms with van der Waals surface area (Å²) < 4.78 is 5.04. The Morgan fingerprint density at radius 1 is 1.50 bits per heavy atom. The molecule has 2 N–H and O–H groups in total. The summed E-state index contributed by atoms with van der Waals surface area (Å²) in [5.74, 6) is -0.182. The highest BCUT2D eigenvalue weighted by atomic mass is 16.5. The zero-order chi connectivity index (χ0) is 9.40. The fourth-order valence-corrected chi connectivity index (χ4v) is 0.823. The van der Waals surface area contributed by atoms with Crippen LogP contribution in [0.3, 0.4) is 0 Å². The van der Waals surface area contributed by atoms with E-state index in [4.69, 9.17) is 10.5 Å². The number of rotatable bonds is 6. The summed E-state index contributed by atoms with van der Waals surface area (Å²) in [6.45, 7) is 4.41. The lowest BCUT2D eigenvalue weighted by atomic mass is 10.2. The van der Waals surface area contributed by atoms with E-state index in [0.717, 1.165) is 19.3 Å². The highest BCUT2D eigenvalue weighted by Gasteiger charge is 2.02. The summed E-state index contributed by atoms with van der Waals surface area (Å²) in [6, 6.07) is 0. The molecule has 0 aliphatic carbocycles. The van der Waals surface area contributed by atoms with Crippen LogP contribution in [0.5, 0.6) is 0 Å². The number of carbonyl (C=O) groups is 1. The molecule has 0 saturated heterocycles. The topological polar surface area (TPSA) is 52.3 Å². The second kappa shape index (κ2) is 6.70. The lowest BCUT2D eigenvalue weighted by Gasteiger charge is -2.03. The average Bonchev–Trinajstić information content (AvgIpc) is 2.03. The minimum absolute atomic E-state index is 0.297. The van der Waals surface area contributed by atoms with Crippen LogP contribution in [-0.2, 0) is 9.53 Å². The normalized spacial score (nSPS) is 11.3. The molecule has 0 radical (unpaired) electrons. The smallest absolute Gasteiger partial charge is 0.283 e. The van der Waals surface area contributed by atoms with Crippen molar-refractivity contribution in [2.75, 3.05) is 6.61 Å². The molecule has 0 bridgehead atoms. The molecular weight excluding hydrogens is 154 g/mol. The number of ether oxygens (including phenoxy) is 1. The van der Waals surface area contributed by atoms with Crippen LogP contribution >= 0.6 is 0 Å². The van der Waals surface area contributed by atoms with Gasteiger partial charge in [0, 0.05) is 0 Å². The van der Waals surface area contributed by atoms with Gasteiger partial charge in [0.05, 0.1) is 6.61 Å². The van der Waals surface area contributed by atoms with E-state index >= 15 is 0 Å². The van der Waals surface area contributed by atoms with E-state index in [2.05, 4.69) is 6.92 Å². The molecule has 0 spiro atoms. The fourth-order valence-electron chi connectivity index (χ4n) is 0.823. The van der Waals surface area contributed by atoms with Crippen LogP contribution in [0.25, 0.3) is 0 Å². The van der Waals surface area contributed by atoms with Crippen molar-refractivity contribution in [3.05, 3.63) is 11.8 Å². The number of hydrogen-bond donors (Lipinski definition) is 1. The first-order valence-electron chi connectivity index (χ1n) is 4.35. The number of hydrogen-bond acceptors (Lipinski definition) is 2. The molecule has 0 aromatic carbocycles. The fraction of sp³-hybridized carbons (Fsp3) is 0.667. The van der Waals surface area contributed by atoms with Gasteiger partial charge in [-0.3, -0.25) is 4.79 Å². The monoisotopic (exact) mass is 171 g/mol. The van der Waals surface area contributed by atoms with Crippen molar-refractivity contribution in [1.82, 2.24) is 0 Å². The molecule has 1 amide bonds. The van der Waals surface area contributed by atoms with E-state index in [0.29, 0.717) is 12.4 Å². The summed E-state index contributed by atoms with van der Waals surface area (Å²) in [7, 11) is 0. The van der Waals surface area contributed by atoms with Gasteiger partial charge in [-0.2, -0.15) is 0 Å². The quantitative estimate of drug-likeness (QED) is 0.375. The molecule has 0 atom stereocenters. The molecule has 3 nitrogen and oxygen atoms in total. The van der Waals surface area contributed by atoms with E-state index in [1.807, 2.05) is 6.92 Å². The highest BCUT2D eigenvalue weighted by Crippen LogP contribution is 2.02. The Kier molecular flexibility index (Phi) is 6.15. The highest BCUT2D eigenvalue weighted by molar-refractivity contribution is 5.89. The molecule has 3 heteroatoms. The van der Waals surface area contributed by atoms with E-state index < -0.39 is 5.91 Å². The van der Waals surface area contributed by atoms with Crippen molar-refractivity contribution in [3.8, 4) is 0 Å². The first-order chi connectivity index (χ1) is 5.72. The van der Waals surface area contributed by atoms with Crippen molar-refractivity contribution in [3.63, 3.8) is 0 Å². The molecule has 0 aromatic heterocycles. The third-order valence-electron chi connectivity index (χ3n) is 1.43. The average molecular weight is 171 g/mol. The number of primary amides is 1. The van der Waals surface area contributed by atoms with Gasteiger partial charge in [-0.05, 0) is 25.8 Å². The van der Waals surface area contributed by atoms with Gasteiger partial charge in [-0.1, -0.05) is 13.3 Å². The molecule has 0 saturated carbocycles. The van der Waals surface area contributed by atoms with Crippen LogP contribution in [0.4, 0.5) is 0 Å². The summed E-state index contributed by atoms with van der Waals surface area (Å²) in [5.41, 5.74) is 5.07. The predicted octanol–water partition coefficient (Wildman–Crippen LogP) is 1.58. The Morgan fingerprint density at radius 3 is 2.58 bits per heavy atom. The van der Waals surface area contributed by atoms with Crippen LogP contribution in [-0.4, -0.2) is 12.5 Å². The van der Waals surface area contributed by atoms with Crippen LogP contribution in [0, 0.1) is 0 Å². The number of amides is 1. The summed E-state index contributed by atoms with van der Waals surface area (Å²) >= 11 is 0. The largest absolute Gasteiger partial charge is 0.488 e. The molecule has 0 aliphatic heterocycles. The number of carbonyl (C=O) groups excluding carboxylic acids is 1. The number of nitrogens with two attached hydrogens (primary N) is 1. The van der Waals surface area contributed by atoms with Gasteiger partial charge in [0.25, 0.3) is 5.91 Å². The van der Waals surface area contributed by atoms with Gasteiger partial charge < -0.3 is 10.5 Å². The number of allylic oxidation sites excluding steroid dienone is 1. The molecule has 0 unspecified atom stereocenters. The molecule has 0 heterocycles. The third-order valence-corrected chi connectivity index (χ3v) is 1.43. The van der Waals surface area contributed by atoms with Crippen molar-refractivity contribution in [1.29, 1.82) is 0 Å². The van der Waals surface area contributed by atoms with Crippen LogP contribution in [0.15, 0.2) is 11.8 Å². The predicted molar refractivity (Wildman–Crippen MR) is 48.4 cm³/mol. The minimum atomic E-state index is -0.479. The van der Waals surface area contributed by atoms with Crippen LogP contribution in [0.2, 0.25) is 0 Å². The zero-order valence-electron chi connectivity index (χ0n) is 7.80. The van der Waals surface area contributed by atoms with Crippen molar-refractivity contribution < 1.29 is 9.53 Å². The maximum atomic E-state index is 10.7. The Balaban J connectivity index is 3.90. The Morgan fingerprint density at radius 2 is 2.17 bits per heavy atom. The standard InChI is InChI=1S/C9H17NO2/c1-3-5-6-7-8(9(10)11)12-4-2/h7H,3-6H2,1-2H3,(H2,10,11)/b8-7-. The summed E-state index contributed by atoms with van der Waals surface area (Å²) in [4.78, 5) is 10.7. The van der Waals surface area contributed by atoms with Gasteiger partial charge in [0.15, 0.2) is 5.76 Å². The Labute approximate surface area is 73.6 Å². The van der Waals surface area contributed by atoms with E-state index in [-0.39, 0.29) is 0 Å². The molecule has 12 heavy (non-hydrogen) atoms. The second-order valence-electron chi connectivity index (χ2n) is 2.51. The van der Waals surface area contributed by atoms with E-state index in [1.165, 1.54) is 0 Å². The summed E-state index contributed by atoms with van der Waals surface area (Å²) in [6.07, 6.45) is 4.78. The SMILES string of the molecule is CCCC/C=C(\OCC)C(N)=O. The van der Waals surface area contributed by atoms with E-state index in [1.54, 1.807) is 6.08 Å². The van der Waals surface area contributed by atoms with Gasteiger partial charge in [-0.15, -0.1) is 0 Å². The molecule has 70 valence electrons. The van der Waals surface area contributed by atoms with Gasteiger partial charge in [-0.25, -0.2) is 0 Å². The molecule has 0 rings (SSSR count). The molecule has 0 fully saturated rings. The Hall–Kier alpha value is -0.990. The minimum Gasteiger partial charge on any atom is -0.488 e. The molecule has 0 aliphatic rings. The van der Waals surface area contributed by atoms with Crippen molar-refractivity contribution in [2.24, 2.45) is 5.73 Å². The van der Waals surface area contributed by atoms with Crippen molar-refractivity contribution >= 4 is 5.91 Å². The van der Waals surface area contributed by atoms with Gasteiger partial charge in [0.2, 0.25) is 0 Å². The van der Waals surface area contributed by atoms with Gasteiger partial charge >= 0.3 is 0 Å². The second-order valence-corrected chi connectivity index (χ2v) is 2.51. The Bertz CT molecular complexity index is 164. The summed E-state index contributed by atoms with van der Waals surface area (Å²) in [5, 5.41) is 0. The first-order valence-corrected chi connectivity index (χ1v) is 4.35. The zero-order valence-corrected chi connectivity index (χ0v) is 7.80. The third kappa shape index (κ3) is 4.77. The van der Waals surface area contributed by atoms with E-state index in [9.17, 15) is 4.79 Å². The maximum absolute atomic E-state index is 10.7. The van der Waals surface area contributed by atoms with Crippen LogP contribution in [0.1, 0.15) is 33.1 Å². The van der Waals surface area contributed by atoms with Gasteiger partial charge in [0.1, 0.15) is 0 Å². The van der Waals surface area contributed by atoms with Crippen LogP contribution < -0.4 is 5.73 Å². The molecule has 0 aromatic rings. The first kappa shape index (κ1) is 11.0. The maximum Gasteiger partial charge on any atom is 0.283 e. The number of unbranched alkanes of at least 4 members (excludes halogenated alkanes) is 2. The lowest BCUT2D eigenvalue weighted by molar-refractivity contribution is -0.117. The molecular formula is C9H17NO2. The lowest BCUT2D eigenvalue weighted by Crippen LogP contribution is -2.16. The van der Waals surface area contributed by atoms with Crippen molar-refractivity contribution in [2.45, 2.75) is 33.1 Å².